The highest BCUT2D eigenvalue weighted by atomic mass is 14.6. The lowest BCUT2D eigenvalue weighted by atomic mass is 9.96. The molecule has 0 heterocycles. The van der Waals surface area contributed by atoms with E-state index in [4.69, 9.17) is 5.73 Å². The highest BCUT2D eigenvalue weighted by Gasteiger charge is 2.11. The predicted molar refractivity (Wildman–Crippen MR) is 78.6 cm³/mol. The lowest BCUT2D eigenvalue weighted by Gasteiger charge is -2.15. The van der Waals surface area contributed by atoms with Crippen molar-refractivity contribution in [1.82, 2.24) is 0 Å². The minimum absolute atomic E-state index is 0.268. The van der Waals surface area contributed by atoms with E-state index in [-0.39, 0.29) is 6.04 Å². The zero-order valence-corrected chi connectivity index (χ0v) is 11.5. The van der Waals surface area contributed by atoms with E-state index >= 15 is 0 Å². The van der Waals surface area contributed by atoms with E-state index in [1.807, 2.05) is 0 Å². The van der Waals surface area contributed by atoms with Gasteiger partial charge in [-0.15, -0.1) is 0 Å². The molecule has 1 aromatic carbocycles. The molecule has 0 amide bonds. The molecule has 1 aliphatic rings. The summed E-state index contributed by atoms with van der Waals surface area (Å²) in [6.07, 6.45) is 11.0. The number of allylic oxidation sites excluding steroid dienone is 1. The van der Waals surface area contributed by atoms with Crippen molar-refractivity contribution in [3.05, 3.63) is 47.0 Å². The maximum absolute atomic E-state index is 6.33. The first-order chi connectivity index (χ1) is 8.75. The van der Waals surface area contributed by atoms with Crippen LogP contribution in [0.25, 0.3) is 0 Å². The highest BCUT2D eigenvalue weighted by Crippen LogP contribution is 2.21. The van der Waals surface area contributed by atoms with E-state index in [0.717, 1.165) is 12.8 Å². The quantitative estimate of drug-likeness (QED) is 0.790. The van der Waals surface area contributed by atoms with Gasteiger partial charge in [-0.3, -0.25) is 0 Å². The van der Waals surface area contributed by atoms with Crippen molar-refractivity contribution in [3.63, 3.8) is 0 Å². The van der Waals surface area contributed by atoms with Gasteiger partial charge in [0.05, 0.1) is 0 Å². The minimum Gasteiger partial charge on any atom is -0.324 e. The van der Waals surface area contributed by atoms with Crippen LogP contribution in [0.15, 0.2) is 35.9 Å². The summed E-state index contributed by atoms with van der Waals surface area (Å²) in [4.78, 5) is 0. The molecular weight excluding hydrogens is 218 g/mol. The molecule has 1 unspecified atom stereocenters. The fraction of sp³-hybridized carbons (Fsp3) is 0.529. The van der Waals surface area contributed by atoms with Crippen molar-refractivity contribution < 1.29 is 0 Å². The SMILES string of the molecule is Cc1ccc(CCC(N)C2=CCCCCC2)cc1. The first kappa shape index (κ1) is 13.4. The predicted octanol–water partition coefficient (Wildman–Crippen LogP) is 4.15. The average Bonchev–Trinajstić information content (AvgIpc) is 2.66. The molecule has 1 aromatic rings. The van der Waals surface area contributed by atoms with Crippen molar-refractivity contribution in [3.8, 4) is 0 Å². The van der Waals surface area contributed by atoms with Crippen LogP contribution in [0.1, 0.15) is 49.7 Å². The lowest BCUT2D eigenvalue weighted by molar-refractivity contribution is 0.639. The molecule has 98 valence electrons. The number of rotatable bonds is 4. The zero-order chi connectivity index (χ0) is 12.8. The molecule has 0 saturated heterocycles. The number of aryl methyl sites for hydroxylation is 2. The molecule has 0 spiro atoms. The van der Waals surface area contributed by atoms with Gasteiger partial charge in [0.25, 0.3) is 0 Å². The summed E-state index contributed by atoms with van der Waals surface area (Å²) in [5, 5.41) is 0. The van der Waals surface area contributed by atoms with Crippen LogP contribution in [0.5, 0.6) is 0 Å². The molecule has 2 rings (SSSR count). The molecule has 0 aliphatic heterocycles. The summed E-state index contributed by atoms with van der Waals surface area (Å²) in [7, 11) is 0. The van der Waals surface area contributed by atoms with E-state index in [9.17, 15) is 0 Å². The average molecular weight is 243 g/mol. The van der Waals surface area contributed by atoms with E-state index in [1.165, 1.54) is 48.8 Å². The second kappa shape index (κ2) is 6.75. The number of hydrogen-bond donors (Lipinski definition) is 1. The van der Waals surface area contributed by atoms with Gasteiger partial charge in [-0.1, -0.05) is 47.9 Å². The largest absolute Gasteiger partial charge is 0.324 e. The molecule has 1 heteroatoms. The summed E-state index contributed by atoms with van der Waals surface area (Å²) >= 11 is 0. The maximum Gasteiger partial charge on any atom is 0.0256 e. The summed E-state index contributed by atoms with van der Waals surface area (Å²) in [5.41, 5.74) is 10.6. The van der Waals surface area contributed by atoms with Crippen LogP contribution in [0.2, 0.25) is 0 Å². The standard InChI is InChI=1S/C17H25N/c1-14-8-10-15(11-9-14)12-13-17(18)16-6-4-2-3-5-7-16/h6,8-11,17H,2-5,7,12-13,18H2,1H3. The van der Waals surface area contributed by atoms with Gasteiger partial charge in [0.15, 0.2) is 0 Å². The third-order valence-corrected chi connectivity index (χ3v) is 3.92. The van der Waals surface area contributed by atoms with Crippen LogP contribution in [0, 0.1) is 6.92 Å². The summed E-state index contributed by atoms with van der Waals surface area (Å²) in [6, 6.07) is 9.09. The maximum atomic E-state index is 6.33. The molecule has 1 aliphatic carbocycles. The molecule has 0 aromatic heterocycles. The third-order valence-electron chi connectivity index (χ3n) is 3.92. The molecule has 0 fully saturated rings. The van der Waals surface area contributed by atoms with Gasteiger partial charge >= 0.3 is 0 Å². The summed E-state index contributed by atoms with van der Waals surface area (Å²) < 4.78 is 0. The fourth-order valence-electron chi connectivity index (χ4n) is 2.64. The van der Waals surface area contributed by atoms with Crippen LogP contribution < -0.4 is 5.73 Å². The van der Waals surface area contributed by atoms with Crippen molar-refractivity contribution in [2.24, 2.45) is 5.73 Å². The molecule has 2 N–H and O–H groups in total. The second-order valence-corrected chi connectivity index (χ2v) is 5.51. The van der Waals surface area contributed by atoms with Gasteiger partial charge in [0, 0.05) is 6.04 Å². The zero-order valence-electron chi connectivity index (χ0n) is 11.5. The van der Waals surface area contributed by atoms with Gasteiger partial charge in [-0.05, 0) is 51.0 Å². The Hall–Kier alpha value is -1.08. The molecule has 0 radical (unpaired) electrons. The Kier molecular flexibility index (Phi) is 5.00. The normalized spacial score (nSPS) is 18.0. The van der Waals surface area contributed by atoms with Gasteiger partial charge < -0.3 is 5.73 Å². The molecule has 18 heavy (non-hydrogen) atoms. The van der Waals surface area contributed by atoms with Crippen LogP contribution >= 0.6 is 0 Å². The fourth-order valence-corrected chi connectivity index (χ4v) is 2.64. The number of nitrogens with two attached hydrogens (primary N) is 1. The minimum atomic E-state index is 0.268. The lowest BCUT2D eigenvalue weighted by Crippen LogP contribution is -2.23. The van der Waals surface area contributed by atoms with Crippen molar-refractivity contribution in [1.29, 1.82) is 0 Å². The van der Waals surface area contributed by atoms with Gasteiger partial charge in [0.1, 0.15) is 0 Å². The first-order valence-electron chi connectivity index (χ1n) is 7.26. The van der Waals surface area contributed by atoms with Crippen LogP contribution in [-0.2, 0) is 6.42 Å². The van der Waals surface area contributed by atoms with E-state index in [2.05, 4.69) is 37.3 Å². The van der Waals surface area contributed by atoms with Crippen molar-refractivity contribution in [2.45, 2.75) is 57.9 Å². The topological polar surface area (TPSA) is 26.0 Å². The highest BCUT2D eigenvalue weighted by molar-refractivity contribution is 5.22. The van der Waals surface area contributed by atoms with Gasteiger partial charge in [-0.25, -0.2) is 0 Å². The molecule has 1 nitrogen and oxygen atoms in total. The number of benzene rings is 1. The summed E-state index contributed by atoms with van der Waals surface area (Å²) in [6.45, 7) is 2.13. The molecule has 0 bridgehead atoms. The van der Waals surface area contributed by atoms with Crippen LogP contribution in [-0.4, -0.2) is 6.04 Å². The Morgan fingerprint density at radius 2 is 1.89 bits per heavy atom. The molecule has 0 saturated carbocycles. The molecular formula is C17H25N. The Morgan fingerprint density at radius 1 is 1.11 bits per heavy atom. The van der Waals surface area contributed by atoms with Gasteiger partial charge in [-0.2, -0.15) is 0 Å². The number of hydrogen-bond acceptors (Lipinski definition) is 1. The third kappa shape index (κ3) is 3.99. The second-order valence-electron chi connectivity index (χ2n) is 5.51. The summed E-state index contributed by atoms with van der Waals surface area (Å²) in [5.74, 6) is 0. The van der Waals surface area contributed by atoms with E-state index < -0.39 is 0 Å². The Balaban J connectivity index is 1.85. The van der Waals surface area contributed by atoms with Crippen LogP contribution in [0.3, 0.4) is 0 Å². The van der Waals surface area contributed by atoms with E-state index in [1.54, 1.807) is 0 Å². The Morgan fingerprint density at radius 3 is 2.67 bits per heavy atom. The van der Waals surface area contributed by atoms with Crippen molar-refractivity contribution in [2.75, 3.05) is 0 Å². The van der Waals surface area contributed by atoms with E-state index in [0.29, 0.717) is 0 Å². The van der Waals surface area contributed by atoms with Crippen LogP contribution in [0.4, 0.5) is 0 Å². The Labute approximate surface area is 111 Å². The first-order valence-corrected chi connectivity index (χ1v) is 7.26. The monoisotopic (exact) mass is 243 g/mol. The smallest absolute Gasteiger partial charge is 0.0256 e. The molecule has 1 atom stereocenters. The van der Waals surface area contributed by atoms with Crippen molar-refractivity contribution >= 4 is 0 Å². The van der Waals surface area contributed by atoms with Gasteiger partial charge in [0.2, 0.25) is 0 Å². The Bertz CT molecular complexity index is 389.